The Labute approximate surface area is 205 Å². The Kier molecular flexibility index (Phi) is 5.97. The second-order valence-electron chi connectivity index (χ2n) is 9.65. The van der Waals surface area contributed by atoms with E-state index in [0.717, 1.165) is 6.04 Å². The monoisotopic (exact) mass is 456 g/mol. The second kappa shape index (κ2) is 9.08. The summed E-state index contributed by atoms with van der Waals surface area (Å²) in [5, 5.41) is 3.13. The lowest BCUT2D eigenvalue weighted by Gasteiger charge is -2.30. The van der Waals surface area contributed by atoms with E-state index in [-0.39, 0.29) is 0 Å². The van der Waals surface area contributed by atoms with Crippen LogP contribution in [0.15, 0.2) is 109 Å². The highest BCUT2D eigenvalue weighted by Gasteiger charge is 2.45. The zero-order valence-electron chi connectivity index (χ0n) is 20.6. The molecular weight excluding hydrogens is 424 g/mol. The standard InChI is InChI=1S/C33H32Si/c1-5-34(4)32(28-20-16-24(2)17-21-28)30(26-12-8-6-9-13-26)31(27-14-10-7-11-15-27)33(34)29-22-18-25(3)19-23-29/h6-23H,5H2,1-4H3. The second-order valence-corrected chi connectivity index (χ2v) is 14.0. The van der Waals surface area contributed by atoms with E-state index >= 15 is 0 Å². The molecule has 0 N–H and O–H groups in total. The molecule has 0 amide bonds. The maximum atomic E-state index is 2.58. The first-order chi connectivity index (χ1) is 16.5. The quantitative estimate of drug-likeness (QED) is 0.263. The molecule has 0 aromatic heterocycles. The van der Waals surface area contributed by atoms with Crippen molar-refractivity contribution in [2.45, 2.75) is 33.4 Å². The Balaban J connectivity index is 1.92. The van der Waals surface area contributed by atoms with Gasteiger partial charge in [-0.2, -0.15) is 0 Å². The average molecular weight is 457 g/mol. The summed E-state index contributed by atoms with van der Waals surface area (Å²) in [6.45, 7) is 9.32. The van der Waals surface area contributed by atoms with Gasteiger partial charge >= 0.3 is 0 Å². The Hall–Kier alpha value is -3.42. The van der Waals surface area contributed by atoms with Gasteiger partial charge in [-0.15, -0.1) is 0 Å². The molecule has 0 unspecified atom stereocenters. The van der Waals surface area contributed by atoms with Crippen molar-refractivity contribution in [3.8, 4) is 0 Å². The Morgan fingerprint density at radius 3 is 1.15 bits per heavy atom. The molecule has 0 atom stereocenters. The first kappa shape index (κ1) is 22.4. The van der Waals surface area contributed by atoms with Crippen molar-refractivity contribution >= 4 is 29.6 Å². The Morgan fingerprint density at radius 1 is 0.471 bits per heavy atom. The molecule has 0 radical (unpaired) electrons. The third-order valence-corrected chi connectivity index (χ3v) is 12.1. The van der Waals surface area contributed by atoms with Gasteiger partial charge in [0.05, 0.1) is 0 Å². The molecule has 1 heterocycles. The van der Waals surface area contributed by atoms with Crippen LogP contribution < -0.4 is 0 Å². The molecule has 5 rings (SSSR count). The van der Waals surface area contributed by atoms with E-state index in [1.165, 1.54) is 44.5 Å². The van der Waals surface area contributed by atoms with Gasteiger partial charge in [0.2, 0.25) is 0 Å². The molecule has 0 fully saturated rings. The molecular formula is C33H32Si. The summed E-state index contributed by atoms with van der Waals surface area (Å²) in [5.41, 5.74) is 10.8. The summed E-state index contributed by atoms with van der Waals surface area (Å²) in [7, 11) is -2.07. The van der Waals surface area contributed by atoms with Crippen molar-refractivity contribution in [3.63, 3.8) is 0 Å². The lowest BCUT2D eigenvalue weighted by Crippen LogP contribution is -2.32. The minimum absolute atomic E-state index is 1.16. The molecule has 0 saturated carbocycles. The van der Waals surface area contributed by atoms with Gasteiger partial charge in [-0.1, -0.05) is 140 Å². The largest absolute Gasteiger partial charge is 0.118 e. The normalized spacial score (nSPS) is 15.2. The number of rotatable bonds is 5. The summed E-state index contributed by atoms with van der Waals surface area (Å²) in [6.07, 6.45) is 0. The van der Waals surface area contributed by atoms with Crippen molar-refractivity contribution < 1.29 is 0 Å². The predicted molar refractivity (Wildman–Crippen MR) is 151 cm³/mol. The van der Waals surface area contributed by atoms with Gasteiger partial charge in [0.25, 0.3) is 0 Å². The van der Waals surface area contributed by atoms with Crippen LogP contribution in [0.1, 0.15) is 40.3 Å². The predicted octanol–water partition coefficient (Wildman–Crippen LogP) is 9.02. The van der Waals surface area contributed by atoms with E-state index in [1.807, 2.05) is 0 Å². The van der Waals surface area contributed by atoms with Gasteiger partial charge in [0.1, 0.15) is 8.07 Å². The molecule has 0 aliphatic carbocycles. The third-order valence-electron chi connectivity index (χ3n) is 7.37. The third kappa shape index (κ3) is 3.80. The van der Waals surface area contributed by atoms with Crippen molar-refractivity contribution in [3.05, 3.63) is 143 Å². The van der Waals surface area contributed by atoms with Crippen LogP contribution in [-0.2, 0) is 0 Å². The van der Waals surface area contributed by atoms with Gasteiger partial charge in [-0.3, -0.25) is 0 Å². The SMILES string of the molecule is CC[Si]1(C)C(c2ccc(C)cc2)=C(c2ccccc2)C(c2ccccc2)=C1c1ccc(C)cc1. The van der Waals surface area contributed by atoms with Crippen LogP contribution in [0, 0.1) is 13.8 Å². The van der Waals surface area contributed by atoms with Crippen LogP contribution in [0.25, 0.3) is 21.5 Å². The number of aryl methyl sites for hydroxylation is 2. The van der Waals surface area contributed by atoms with E-state index in [1.54, 1.807) is 10.4 Å². The van der Waals surface area contributed by atoms with Crippen LogP contribution in [0.2, 0.25) is 12.6 Å². The van der Waals surface area contributed by atoms with Crippen LogP contribution in [-0.4, -0.2) is 8.07 Å². The van der Waals surface area contributed by atoms with E-state index in [4.69, 9.17) is 0 Å². The number of allylic oxidation sites excluding steroid dienone is 2. The molecule has 0 nitrogen and oxygen atoms in total. The highest BCUT2D eigenvalue weighted by Crippen LogP contribution is 2.56. The summed E-state index contributed by atoms with van der Waals surface area (Å²) >= 11 is 0. The number of hydrogen-bond acceptors (Lipinski definition) is 0. The molecule has 1 aliphatic rings. The van der Waals surface area contributed by atoms with Gasteiger partial charge in [0, 0.05) is 0 Å². The van der Waals surface area contributed by atoms with Crippen molar-refractivity contribution in [2.24, 2.45) is 0 Å². The highest BCUT2D eigenvalue weighted by molar-refractivity contribution is 7.13. The summed E-state index contributed by atoms with van der Waals surface area (Å²) in [5.74, 6) is 0. The molecule has 1 aliphatic heterocycles. The fourth-order valence-corrected chi connectivity index (χ4v) is 9.64. The summed E-state index contributed by atoms with van der Waals surface area (Å²) in [6, 6.07) is 41.7. The van der Waals surface area contributed by atoms with Gasteiger partial charge in [-0.05, 0) is 57.6 Å². The average Bonchev–Trinajstić information content (AvgIpc) is 3.16. The van der Waals surface area contributed by atoms with Crippen molar-refractivity contribution in [1.29, 1.82) is 0 Å². The molecule has 34 heavy (non-hydrogen) atoms. The maximum Gasteiger partial charge on any atom is 0.118 e. The topological polar surface area (TPSA) is 0 Å². The molecule has 4 aromatic rings. The molecule has 0 saturated heterocycles. The van der Waals surface area contributed by atoms with Crippen LogP contribution in [0.4, 0.5) is 0 Å². The molecule has 4 aromatic carbocycles. The van der Waals surface area contributed by atoms with Crippen LogP contribution in [0.3, 0.4) is 0 Å². The minimum Gasteiger partial charge on any atom is -0.0672 e. The molecule has 1 heteroatoms. The van der Waals surface area contributed by atoms with Gasteiger partial charge < -0.3 is 0 Å². The minimum atomic E-state index is -2.07. The lowest BCUT2D eigenvalue weighted by atomic mass is 9.89. The molecule has 168 valence electrons. The fraction of sp³-hybridized carbons (Fsp3) is 0.152. The first-order valence-corrected chi connectivity index (χ1v) is 15.0. The zero-order chi connectivity index (χ0) is 23.7. The highest BCUT2D eigenvalue weighted by atomic mass is 28.3. The number of hydrogen-bond donors (Lipinski definition) is 0. The van der Waals surface area contributed by atoms with Crippen LogP contribution >= 0.6 is 0 Å². The van der Waals surface area contributed by atoms with E-state index in [0.29, 0.717) is 0 Å². The van der Waals surface area contributed by atoms with Crippen molar-refractivity contribution in [1.82, 2.24) is 0 Å². The maximum absolute atomic E-state index is 2.58. The van der Waals surface area contributed by atoms with Gasteiger partial charge in [0.15, 0.2) is 0 Å². The van der Waals surface area contributed by atoms with Gasteiger partial charge in [-0.25, -0.2) is 0 Å². The van der Waals surface area contributed by atoms with E-state index < -0.39 is 8.07 Å². The Bertz CT molecular complexity index is 1250. The van der Waals surface area contributed by atoms with Crippen LogP contribution in [0.5, 0.6) is 0 Å². The molecule has 0 spiro atoms. The number of benzene rings is 4. The first-order valence-electron chi connectivity index (χ1n) is 12.3. The smallest absolute Gasteiger partial charge is 0.0672 e. The van der Waals surface area contributed by atoms with E-state index in [2.05, 4.69) is 137 Å². The van der Waals surface area contributed by atoms with E-state index in [9.17, 15) is 0 Å². The lowest BCUT2D eigenvalue weighted by molar-refractivity contribution is 1.39. The Morgan fingerprint density at radius 2 is 0.824 bits per heavy atom. The summed E-state index contributed by atoms with van der Waals surface area (Å²) in [4.78, 5) is 0. The molecule has 0 bridgehead atoms. The summed E-state index contributed by atoms with van der Waals surface area (Å²) < 4.78 is 0. The van der Waals surface area contributed by atoms with Crippen molar-refractivity contribution in [2.75, 3.05) is 0 Å². The fourth-order valence-electron chi connectivity index (χ4n) is 5.43. The zero-order valence-corrected chi connectivity index (χ0v) is 21.6.